The summed E-state index contributed by atoms with van der Waals surface area (Å²) >= 11 is 0. The van der Waals surface area contributed by atoms with Crippen LogP contribution in [0.2, 0.25) is 0 Å². The molecule has 0 aliphatic carbocycles. The van der Waals surface area contributed by atoms with Crippen LogP contribution in [0, 0.1) is 17.1 Å². The van der Waals surface area contributed by atoms with Gasteiger partial charge in [0.25, 0.3) is 5.91 Å². The molecule has 28 heavy (non-hydrogen) atoms. The van der Waals surface area contributed by atoms with Gasteiger partial charge in [-0.2, -0.15) is 5.26 Å². The summed E-state index contributed by atoms with van der Waals surface area (Å²) in [5.41, 5.74) is 1.58. The van der Waals surface area contributed by atoms with E-state index in [1.54, 1.807) is 54.6 Å². The highest BCUT2D eigenvalue weighted by atomic mass is 19.1. The maximum absolute atomic E-state index is 13.7. The SMILES string of the molecule is COc1ccc(CNC(=O)c2cccc(Oc3ccc(C#N)cc3)c2)cc1F. The normalized spacial score (nSPS) is 10.0. The number of nitriles is 1. The monoisotopic (exact) mass is 376 g/mol. The van der Waals surface area contributed by atoms with Gasteiger partial charge in [-0.05, 0) is 60.2 Å². The summed E-state index contributed by atoms with van der Waals surface area (Å²) in [7, 11) is 1.40. The van der Waals surface area contributed by atoms with Crippen molar-refractivity contribution in [3.8, 4) is 23.3 Å². The molecule has 0 spiro atoms. The predicted molar refractivity (Wildman–Crippen MR) is 102 cm³/mol. The molecule has 3 rings (SSSR count). The van der Waals surface area contributed by atoms with Crippen LogP contribution in [0.5, 0.6) is 17.2 Å². The van der Waals surface area contributed by atoms with Crippen LogP contribution in [0.25, 0.3) is 0 Å². The van der Waals surface area contributed by atoms with E-state index in [4.69, 9.17) is 14.7 Å². The molecule has 1 N–H and O–H groups in total. The molecule has 0 atom stereocenters. The minimum absolute atomic E-state index is 0.155. The molecular weight excluding hydrogens is 359 g/mol. The van der Waals surface area contributed by atoms with Gasteiger partial charge >= 0.3 is 0 Å². The van der Waals surface area contributed by atoms with Crippen molar-refractivity contribution in [2.75, 3.05) is 7.11 Å². The topological polar surface area (TPSA) is 71.3 Å². The maximum atomic E-state index is 13.7. The molecule has 0 fully saturated rings. The van der Waals surface area contributed by atoms with Gasteiger partial charge in [0.15, 0.2) is 11.6 Å². The van der Waals surface area contributed by atoms with Crippen molar-refractivity contribution in [2.45, 2.75) is 6.54 Å². The Balaban J connectivity index is 1.64. The van der Waals surface area contributed by atoms with Crippen LogP contribution in [0.3, 0.4) is 0 Å². The minimum atomic E-state index is -0.480. The summed E-state index contributed by atoms with van der Waals surface area (Å²) in [6, 6.07) is 20.0. The van der Waals surface area contributed by atoms with Gasteiger partial charge in [0.1, 0.15) is 11.5 Å². The number of benzene rings is 3. The first kappa shape index (κ1) is 18.9. The third-order valence-corrected chi connectivity index (χ3v) is 3.98. The Morgan fingerprint density at radius 1 is 1.07 bits per heavy atom. The zero-order valence-electron chi connectivity index (χ0n) is 15.1. The molecule has 0 unspecified atom stereocenters. The van der Waals surface area contributed by atoms with Crippen LogP contribution in [0.4, 0.5) is 4.39 Å². The van der Waals surface area contributed by atoms with Gasteiger partial charge in [0, 0.05) is 12.1 Å². The lowest BCUT2D eigenvalue weighted by molar-refractivity contribution is 0.0950. The predicted octanol–water partition coefficient (Wildman–Crippen LogP) is 4.43. The van der Waals surface area contributed by atoms with Crippen molar-refractivity contribution in [3.05, 3.63) is 89.2 Å². The van der Waals surface area contributed by atoms with Gasteiger partial charge in [-0.15, -0.1) is 0 Å². The number of methoxy groups -OCH3 is 1. The van der Waals surface area contributed by atoms with E-state index in [-0.39, 0.29) is 18.2 Å². The minimum Gasteiger partial charge on any atom is -0.494 e. The van der Waals surface area contributed by atoms with E-state index in [0.29, 0.717) is 28.2 Å². The molecule has 3 aromatic carbocycles. The molecule has 0 aliphatic rings. The fourth-order valence-corrected chi connectivity index (χ4v) is 2.54. The van der Waals surface area contributed by atoms with Crippen LogP contribution in [0.1, 0.15) is 21.5 Å². The summed E-state index contributed by atoms with van der Waals surface area (Å²) in [6.45, 7) is 0.181. The van der Waals surface area contributed by atoms with Gasteiger partial charge in [0.05, 0.1) is 18.7 Å². The standard InChI is InChI=1S/C22H17FN2O3/c1-27-21-10-7-16(11-20(21)23)14-25-22(26)17-3-2-4-19(12-17)28-18-8-5-15(13-24)6-9-18/h2-12H,14H2,1H3,(H,25,26). The zero-order chi connectivity index (χ0) is 19.9. The third-order valence-electron chi connectivity index (χ3n) is 3.98. The van der Waals surface area contributed by atoms with Crippen LogP contribution in [-0.4, -0.2) is 13.0 Å². The number of nitrogens with zero attached hydrogens (tertiary/aromatic N) is 1. The highest BCUT2D eigenvalue weighted by molar-refractivity contribution is 5.94. The molecular formula is C22H17FN2O3. The van der Waals surface area contributed by atoms with E-state index in [1.807, 2.05) is 6.07 Å². The lowest BCUT2D eigenvalue weighted by Gasteiger charge is -2.09. The van der Waals surface area contributed by atoms with Gasteiger partial charge in [-0.25, -0.2) is 4.39 Å². The van der Waals surface area contributed by atoms with E-state index >= 15 is 0 Å². The number of nitrogens with one attached hydrogen (secondary N) is 1. The number of rotatable bonds is 6. The number of hydrogen-bond acceptors (Lipinski definition) is 4. The average molecular weight is 376 g/mol. The van der Waals surface area contributed by atoms with Crippen LogP contribution in [-0.2, 0) is 6.54 Å². The molecule has 0 heterocycles. The second-order valence-corrected chi connectivity index (χ2v) is 5.92. The first-order chi connectivity index (χ1) is 13.6. The summed E-state index contributed by atoms with van der Waals surface area (Å²) in [4.78, 5) is 12.4. The molecule has 0 radical (unpaired) electrons. The first-order valence-corrected chi connectivity index (χ1v) is 8.48. The van der Waals surface area contributed by atoms with E-state index in [2.05, 4.69) is 5.32 Å². The maximum Gasteiger partial charge on any atom is 0.251 e. The Kier molecular flexibility index (Phi) is 5.87. The second-order valence-electron chi connectivity index (χ2n) is 5.92. The third kappa shape index (κ3) is 4.65. The van der Waals surface area contributed by atoms with Crippen molar-refractivity contribution >= 4 is 5.91 Å². The molecule has 0 saturated carbocycles. The summed E-state index contributed by atoms with van der Waals surface area (Å²) in [5.74, 6) is 0.425. The number of hydrogen-bond donors (Lipinski definition) is 1. The largest absolute Gasteiger partial charge is 0.494 e. The van der Waals surface area contributed by atoms with Crippen molar-refractivity contribution < 1.29 is 18.7 Å². The molecule has 0 bridgehead atoms. The quantitative estimate of drug-likeness (QED) is 0.691. The number of carbonyl (C=O) groups excluding carboxylic acids is 1. The molecule has 3 aromatic rings. The first-order valence-electron chi connectivity index (χ1n) is 8.48. The number of amides is 1. The number of ether oxygens (including phenoxy) is 2. The molecule has 1 amide bonds. The van der Waals surface area contributed by atoms with Crippen molar-refractivity contribution in [2.24, 2.45) is 0 Å². The Bertz CT molecular complexity index is 1030. The lowest BCUT2D eigenvalue weighted by atomic mass is 10.1. The van der Waals surface area contributed by atoms with Gasteiger partial charge in [0.2, 0.25) is 0 Å². The van der Waals surface area contributed by atoms with Crippen LogP contribution < -0.4 is 14.8 Å². The lowest BCUT2D eigenvalue weighted by Crippen LogP contribution is -2.22. The second kappa shape index (κ2) is 8.69. The highest BCUT2D eigenvalue weighted by Crippen LogP contribution is 2.23. The van der Waals surface area contributed by atoms with E-state index in [1.165, 1.54) is 19.2 Å². The molecule has 140 valence electrons. The number of carbonyl (C=O) groups is 1. The fraction of sp³-hybridized carbons (Fsp3) is 0.0909. The average Bonchev–Trinajstić information content (AvgIpc) is 2.73. The summed E-state index contributed by atoms with van der Waals surface area (Å²) in [5, 5.41) is 11.6. The Morgan fingerprint density at radius 2 is 1.86 bits per heavy atom. The molecule has 0 saturated heterocycles. The van der Waals surface area contributed by atoms with Crippen LogP contribution >= 0.6 is 0 Å². The molecule has 0 aromatic heterocycles. The highest BCUT2D eigenvalue weighted by Gasteiger charge is 2.09. The Labute approximate surface area is 162 Å². The van der Waals surface area contributed by atoms with Crippen molar-refractivity contribution in [3.63, 3.8) is 0 Å². The van der Waals surface area contributed by atoms with Crippen LogP contribution in [0.15, 0.2) is 66.7 Å². The molecule has 6 heteroatoms. The smallest absolute Gasteiger partial charge is 0.251 e. The summed E-state index contributed by atoms with van der Waals surface area (Å²) in [6.07, 6.45) is 0. The molecule has 0 aliphatic heterocycles. The fourth-order valence-electron chi connectivity index (χ4n) is 2.54. The van der Waals surface area contributed by atoms with E-state index in [9.17, 15) is 9.18 Å². The van der Waals surface area contributed by atoms with Gasteiger partial charge in [-0.1, -0.05) is 12.1 Å². The van der Waals surface area contributed by atoms with Gasteiger partial charge in [-0.3, -0.25) is 4.79 Å². The van der Waals surface area contributed by atoms with Crippen molar-refractivity contribution in [1.29, 1.82) is 5.26 Å². The van der Waals surface area contributed by atoms with E-state index < -0.39 is 5.82 Å². The van der Waals surface area contributed by atoms with E-state index in [0.717, 1.165) is 0 Å². The summed E-state index contributed by atoms with van der Waals surface area (Å²) < 4.78 is 24.3. The van der Waals surface area contributed by atoms with Gasteiger partial charge < -0.3 is 14.8 Å². The zero-order valence-corrected chi connectivity index (χ0v) is 15.1. The number of halogens is 1. The molecule has 5 nitrogen and oxygen atoms in total. The Hall–Kier alpha value is -3.85. The Morgan fingerprint density at radius 3 is 2.54 bits per heavy atom. The van der Waals surface area contributed by atoms with Crippen molar-refractivity contribution in [1.82, 2.24) is 5.32 Å².